The fourth-order valence-electron chi connectivity index (χ4n) is 9.32. The van der Waals surface area contributed by atoms with Gasteiger partial charge in [-0.1, -0.05) is 218 Å². The molecule has 0 bridgehead atoms. The van der Waals surface area contributed by atoms with Crippen molar-refractivity contribution >= 4 is 10.8 Å². The standard InChI is InChI=1S/C57H38N2/c1-5-17-39(18-6-1)41-31-33-43(34-32-41)52-38-53(45-23-15-22-44(37-45)40-19-7-2-8-20-40)59-56(58-52)50-29-16-30-51-54(50)49-36-35-42-21-13-14-28-48(42)55(49)57(51,46-24-9-3-10-25-46)47-26-11-4-12-27-47/h1-38H. The summed E-state index contributed by atoms with van der Waals surface area (Å²) in [6.45, 7) is 0. The average Bonchev–Trinajstić information content (AvgIpc) is 3.64. The fourth-order valence-corrected chi connectivity index (χ4v) is 9.32. The normalized spacial score (nSPS) is 12.5. The molecule has 11 rings (SSSR count). The summed E-state index contributed by atoms with van der Waals surface area (Å²) in [6, 6.07) is 82.8. The van der Waals surface area contributed by atoms with Gasteiger partial charge in [0.2, 0.25) is 0 Å². The predicted molar refractivity (Wildman–Crippen MR) is 244 cm³/mol. The van der Waals surface area contributed by atoms with Crippen molar-refractivity contribution in [2.45, 2.75) is 5.41 Å². The molecule has 0 saturated carbocycles. The Labute approximate surface area is 344 Å². The summed E-state index contributed by atoms with van der Waals surface area (Å²) in [5.74, 6) is 0.697. The first-order chi connectivity index (χ1) is 29.3. The van der Waals surface area contributed by atoms with Crippen LogP contribution in [0.3, 0.4) is 0 Å². The van der Waals surface area contributed by atoms with Crippen LogP contribution >= 0.6 is 0 Å². The molecule has 276 valence electrons. The lowest BCUT2D eigenvalue weighted by atomic mass is 9.66. The molecule has 0 aliphatic heterocycles. The smallest absolute Gasteiger partial charge is 0.161 e. The molecule has 1 aromatic heterocycles. The second kappa shape index (κ2) is 14.4. The van der Waals surface area contributed by atoms with Crippen molar-refractivity contribution in [3.8, 4) is 67.3 Å². The highest BCUT2D eigenvalue weighted by molar-refractivity contribution is 6.03. The first-order valence-electron chi connectivity index (χ1n) is 20.2. The van der Waals surface area contributed by atoms with E-state index in [-0.39, 0.29) is 0 Å². The van der Waals surface area contributed by atoms with Crippen LogP contribution in [0.15, 0.2) is 231 Å². The van der Waals surface area contributed by atoms with Gasteiger partial charge >= 0.3 is 0 Å². The van der Waals surface area contributed by atoms with Crippen LogP contribution < -0.4 is 0 Å². The zero-order valence-corrected chi connectivity index (χ0v) is 32.3. The summed E-state index contributed by atoms with van der Waals surface area (Å²) in [7, 11) is 0. The van der Waals surface area contributed by atoms with Gasteiger partial charge in [0, 0.05) is 16.7 Å². The molecule has 2 heteroatoms. The van der Waals surface area contributed by atoms with Crippen molar-refractivity contribution in [1.82, 2.24) is 9.97 Å². The molecular formula is C57H38N2. The molecule has 0 radical (unpaired) electrons. The lowest BCUT2D eigenvalue weighted by molar-refractivity contribution is 0.775. The fraction of sp³-hybridized carbons (Fsp3) is 0.0175. The molecule has 59 heavy (non-hydrogen) atoms. The molecule has 1 aliphatic carbocycles. The molecule has 10 aromatic rings. The Kier molecular flexibility index (Phi) is 8.41. The topological polar surface area (TPSA) is 25.8 Å². The Hall–Kier alpha value is -7.68. The van der Waals surface area contributed by atoms with Crippen LogP contribution in [0, 0.1) is 0 Å². The summed E-state index contributed by atoms with van der Waals surface area (Å²) in [6.07, 6.45) is 0. The van der Waals surface area contributed by atoms with E-state index in [0.29, 0.717) is 5.82 Å². The Bertz CT molecular complexity index is 3080. The third-order valence-electron chi connectivity index (χ3n) is 12.0. The van der Waals surface area contributed by atoms with Gasteiger partial charge in [-0.15, -0.1) is 0 Å². The number of fused-ring (bicyclic) bond motifs is 5. The van der Waals surface area contributed by atoms with Gasteiger partial charge in [-0.05, 0) is 78.5 Å². The maximum atomic E-state index is 5.49. The molecule has 9 aromatic carbocycles. The first kappa shape index (κ1) is 34.6. The van der Waals surface area contributed by atoms with Crippen molar-refractivity contribution in [1.29, 1.82) is 0 Å². The van der Waals surface area contributed by atoms with Gasteiger partial charge in [0.15, 0.2) is 5.82 Å². The second-order valence-electron chi connectivity index (χ2n) is 15.3. The monoisotopic (exact) mass is 750 g/mol. The van der Waals surface area contributed by atoms with E-state index >= 15 is 0 Å². The maximum Gasteiger partial charge on any atom is 0.161 e. The van der Waals surface area contributed by atoms with E-state index in [1.807, 2.05) is 0 Å². The summed E-state index contributed by atoms with van der Waals surface area (Å²) < 4.78 is 0. The van der Waals surface area contributed by atoms with Gasteiger partial charge in [-0.2, -0.15) is 0 Å². The molecule has 1 aliphatic rings. The Morgan fingerprint density at radius 1 is 0.322 bits per heavy atom. The van der Waals surface area contributed by atoms with E-state index < -0.39 is 5.41 Å². The van der Waals surface area contributed by atoms with Crippen LogP contribution in [0.2, 0.25) is 0 Å². The zero-order chi connectivity index (χ0) is 39.2. The predicted octanol–water partition coefficient (Wildman–Crippen LogP) is 14.3. The largest absolute Gasteiger partial charge is 0.228 e. The molecule has 0 fully saturated rings. The summed E-state index contributed by atoms with van der Waals surface area (Å²) >= 11 is 0. The van der Waals surface area contributed by atoms with E-state index in [4.69, 9.17) is 9.97 Å². The number of hydrogen-bond acceptors (Lipinski definition) is 2. The van der Waals surface area contributed by atoms with E-state index in [1.54, 1.807) is 0 Å². The van der Waals surface area contributed by atoms with Gasteiger partial charge in [0.25, 0.3) is 0 Å². The molecule has 2 nitrogen and oxygen atoms in total. The van der Waals surface area contributed by atoms with E-state index in [1.165, 1.54) is 60.8 Å². The molecule has 0 saturated heterocycles. The van der Waals surface area contributed by atoms with Gasteiger partial charge in [-0.25, -0.2) is 9.97 Å². The summed E-state index contributed by atoms with van der Waals surface area (Å²) in [5, 5.41) is 2.46. The molecule has 0 spiro atoms. The average molecular weight is 751 g/mol. The Morgan fingerprint density at radius 3 is 1.51 bits per heavy atom. The van der Waals surface area contributed by atoms with Gasteiger partial charge in [0.05, 0.1) is 16.8 Å². The van der Waals surface area contributed by atoms with Crippen LogP contribution in [0.5, 0.6) is 0 Å². The van der Waals surface area contributed by atoms with Crippen LogP contribution in [-0.2, 0) is 5.41 Å². The van der Waals surface area contributed by atoms with E-state index in [2.05, 4.69) is 231 Å². The second-order valence-corrected chi connectivity index (χ2v) is 15.3. The van der Waals surface area contributed by atoms with Gasteiger partial charge < -0.3 is 0 Å². The van der Waals surface area contributed by atoms with E-state index in [0.717, 1.165) is 33.6 Å². The van der Waals surface area contributed by atoms with Crippen molar-refractivity contribution in [3.05, 3.63) is 253 Å². The van der Waals surface area contributed by atoms with Crippen molar-refractivity contribution in [3.63, 3.8) is 0 Å². The first-order valence-corrected chi connectivity index (χ1v) is 20.2. The number of hydrogen-bond donors (Lipinski definition) is 0. The lowest BCUT2D eigenvalue weighted by Crippen LogP contribution is -2.28. The SMILES string of the molecule is c1ccc(-c2ccc(-c3cc(-c4cccc(-c5ccccc5)c4)nc(-c4cccc5c4-c4ccc6ccccc6c4C5(c4ccccc4)c4ccccc4)n3)cc2)cc1. The number of aromatic nitrogens is 2. The molecular weight excluding hydrogens is 713 g/mol. The van der Waals surface area contributed by atoms with Gasteiger partial charge in [-0.3, -0.25) is 0 Å². The van der Waals surface area contributed by atoms with E-state index in [9.17, 15) is 0 Å². The molecule has 0 unspecified atom stereocenters. The van der Waals surface area contributed by atoms with Crippen molar-refractivity contribution in [2.75, 3.05) is 0 Å². The maximum absolute atomic E-state index is 5.49. The minimum atomic E-state index is -0.582. The van der Waals surface area contributed by atoms with Crippen LogP contribution in [0.25, 0.3) is 78.1 Å². The Morgan fingerprint density at radius 2 is 0.831 bits per heavy atom. The molecule has 0 N–H and O–H groups in total. The van der Waals surface area contributed by atoms with Crippen molar-refractivity contribution < 1.29 is 0 Å². The van der Waals surface area contributed by atoms with Crippen LogP contribution in [-0.4, -0.2) is 9.97 Å². The molecule has 0 amide bonds. The highest BCUT2D eigenvalue weighted by Crippen LogP contribution is 2.60. The molecule has 0 atom stereocenters. The summed E-state index contributed by atoms with van der Waals surface area (Å²) in [5.41, 5.74) is 16.3. The number of rotatable bonds is 7. The highest BCUT2D eigenvalue weighted by atomic mass is 14.9. The minimum Gasteiger partial charge on any atom is -0.228 e. The summed E-state index contributed by atoms with van der Waals surface area (Å²) in [4.78, 5) is 11.0. The molecule has 1 heterocycles. The lowest BCUT2D eigenvalue weighted by Gasteiger charge is -2.34. The van der Waals surface area contributed by atoms with Crippen LogP contribution in [0.4, 0.5) is 0 Å². The Balaban J connectivity index is 1.18. The third-order valence-corrected chi connectivity index (χ3v) is 12.0. The zero-order valence-electron chi connectivity index (χ0n) is 32.3. The number of nitrogens with zero attached hydrogens (tertiary/aromatic N) is 2. The van der Waals surface area contributed by atoms with Crippen molar-refractivity contribution in [2.24, 2.45) is 0 Å². The highest BCUT2D eigenvalue weighted by Gasteiger charge is 2.48. The quantitative estimate of drug-likeness (QED) is 0.162. The van der Waals surface area contributed by atoms with Crippen LogP contribution in [0.1, 0.15) is 22.3 Å². The third kappa shape index (κ3) is 5.80. The van der Waals surface area contributed by atoms with Gasteiger partial charge in [0.1, 0.15) is 0 Å². The number of benzene rings is 9. The minimum absolute atomic E-state index is 0.582.